The van der Waals surface area contributed by atoms with Crippen molar-refractivity contribution in [2.75, 3.05) is 5.75 Å². The molecule has 1 aliphatic heterocycles. The molecule has 0 spiro atoms. The second-order valence-electron chi connectivity index (χ2n) is 4.74. The number of hydrogen-bond donors (Lipinski definition) is 2. The fourth-order valence-corrected chi connectivity index (χ4v) is 2.61. The number of nitrogens with zero attached hydrogens (tertiary/aromatic N) is 2. The lowest BCUT2D eigenvalue weighted by Gasteiger charge is -2.27. The average molecular weight is 255 g/mol. The maximum Gasteiger partial charge on any atom is 0.0537 e. The van der Waals surface area contributed by atoms with Gasteiger partial charge in [0.05, 0.1) is 11.9 Å². The molecule has 0 bridgehead atoms. The lowest BCUT2D eigenvalue weighted by atomic mass is 10.0. The fourth-order valence-electron chi connectivity index (χ4n) is 2.23. The Labute approximate surface area is 110 Å². The van der Waals surface area contributed by atoms with Gasteiger partial charge in [-0.2, -0.15) is 17.7 Å². The molecule has 1 aliphatic rings. The lowest BCUT2D eigenvalue weighted by Crippen LogP contribution is -2.33. The third-order valence-corrected chi connectivity index (χ3v) is 3.43. The van der Waals surface area contributed by atoms with Crippen molar-refractivity contribution in [2.24, 2.45) is 5.92 Å². The molecule has 1 aromatic rings. The first-order chi connectivity index (χ1) is 8.20. The van der Waals surface area contributed by atoms with Crippen molar-refractivity contribution in [2.45, 2.75) is 53.2 Å². The maximum absolute atomic E-state index is 4.46. The van der Waals surface area contributed by atoms with Crippen molar-refractivity contribution in [3.8, 4) is 0 Å². The highest BCUT2D eigenvalue weighted by molar-refractivity contribution is 7.80. The van der Waals surface area contributed by atoms with Crippen LogP contribution in [0.25, 0.3) is 0 Å². The van der Waals surface area contributed by atoms with Gasteiger partial charge in [-0.05, 0) is 12.3 Å². The van der Waals surface area contributed by atoms with Gasteiger partial charge in [0.25, 0.3) is 0 Å². The molecule has 2 rings (SSSR count). The van der Waals surface area contributed by atoms with Gasteiger partial charge in [0.15, 0.2) is 0 Å². The molecule has 1 N–H and O–H groups in total. The van der Waals surface area contributed by atoms with Crippen LogP contribution in [-0.4, -0.2) is 26.9 Å². The number of fused-ring (bicyclic) bond motifs is 1. The molecular weight excluding hydrogens is 230 g/mol. The van der Waals surface area contributed by atoms with E-state index in [0.29, 0.717) is 6.04 Å². The quantitative estimate of drug-likeness (QED) is 0.810. The summed E-state index contributed by atoms with van der Waals surface area (Å²) in [6.45, 7) is 10.6. The summed E-state index contributed by atoms with van der Waals surface area (Å²) in [7, 11) is 0. The van der Waals surface area contributed by atoms with Crippen LogP contribution in [0, 0.1) is 5.92 Å². The number of nitrogens with one attached hydrogen (secondary N) is 1. The van der Waals surface area contributed by atoms with E-state index in [-0.39, 0.29) is 0 Å². The Morgan fingerprint density at radius 3 is 2.65 bits per heavy atom. The van der Waals surface area contributed by atoms with Crippen molar-refractivity contribution < 1.29 is 0 Å². The number of hydrogen-bond acceptors (Lipinski definition) is 3. The normalized spacial score (nSPS) is 16.6. The van der Waals surface area contributed by atoms with Gasteiger partial charge in [-0.3, -0.25) is 10.00 Å². The van der Waals surface area contributed by atoms with E-state index in [4.69, 9.17) is 0 Å². The van der Waals surface area contributed by atoms with Crippen molar-refractivity contribution in [1.29, 1.82) is 0 Å². The van der Waals surface area contributed by atoms with Gasteiger partial charge in [-0.25, -0.2) is 0 Å². The van der Waals surface area contributed by atoms with Crippen molar-refractivity contribution in [3.63, 3.8) is 0 Å². The number of aromatic amines is 1. The minimum absolute atomic E-state index is 0.592. The zero-order valence-electron chi connectivity index (χ0n) is 11.4. The molecule has 0 aromatic carbocycles. The standard InChI is InChI=1S/C11H19N3S.C2H6/c1-8(2)3-10(7-15)14-5-9-4-12-13-11(9)6-14;1-2/h4,8,10,15H,3,5-7H2,1-2H3,(H,12,13);1-2H3. The molecule has 0 amide bonds. The van der Waals surface area contributed by atoms with Gasteiger partial charge in [0.2, 0.25) is 0 Å². The van der Waals surface area contributed by atoms with Crippen LogP contribution in [0.1, 0.15) is 45.4 Å². The largest absolute Gasteiger partial charge is 0.289 e. The van der Waals surface area contributed by atoms with E-state index < -0.39 is 0 Å². The van der Waals surface area contributed by atoms with Gasteiger partial charge >= 0.3 is 0 Å². The van der Waals surface area contributed by atoms with Crippen LogP contribution in [0.15, 0.2) is 6.20 Å². The van der Waals surface area contributed by atoms with E-state index >= 15 is 0 Å². The van der Waals surface area contributed by atoms with Crippen LogP contribution in [0.3, 0.4) is 0 Å². The topological polar surface area (TPSA) is 31.9 Å². The summed E-state index contributed by atoms with van der Waals surface area (Å²) in [5, 5.41) is 7.12. The molecule has 1 atom stereocenters. The molecule has 0 fully saturated rings. The first-order valence-corrected chi connectivity index (χ1v) is 7.20. The Morgan fingerprint density at radius 1 is 1.41 bits per heavy atom. The second kappa shape index (κ2) is 7.07. The predicted molar refractivity (Wildman–Crippen MR) is 76.3 cm³/mol. The van der Waals surface area contributed by atoms with Crippen molar-refractivity contribution in [3.05, 3.63) is 17.5 Å². The number of thiol groups is 1. The Kier molecular flexibility index (Phi) is 6.06. The molecule has 1 aromatic heterocycles. The van der Waals surface area contributed by atoms with Crippen LogP contribution >= 0.6 is 12.6 Å². The van der Waals surface area contributed by atoms with E-state index in [0.717, 1.165) is 24.8 Å². The van der Waals surface area contributed by atoms with Crippen LogP contribution in [-0.2, 0) is 13.1 Å². The zero-order chi connectivity index (χ0) is 12.8. The number of aromatic nitrogens is 2. The number of rotatable bonds is 4. The van der Waals surface area contributed by atoms with Crippen LogP contribution < -0.4 is 0 Å². The Morgan fingerprint density at radius 2 is 2.12 bits per heavy atom. The SMILES string of the molecule is CC.CC(C)CC(CS)N1Cc2cn[nH]c2C1. The first-order valence-electron chi connectivity index (χ1n) is 6.56. The maximum atomic E-state index is 4.46. The van der Waals surface area contributed by atoms with E-state index in [1.54, 1.807) is 0 Å². The minimum Gasteiger partial charge on any atom is -0.289 e. The summed E-state index contributed by atoms with van der Waals surface area (Å²) in [5.41, 5.74) is 2.64. The van der Waals surface area contributed by atoms with Gasteiger partial charge in [0, 0.05) is 30.4 Å². The highest BCUT2D eigenvalue weighted by Gasteiger charge is 2.26. The molecule has 0 saturated carbocycles. The van der Waals surface area contributed by atoms with Crippen molar-refractivity contribution >= 4 is 12.6 Å². The molecule has 4 heteroatoms. The summed E-state index contributed by atoms with van der Waals surface area (Å²) in [6.07, 6.45) is 3.17. The van der Waals surface area contributed by atoms with E-state index in [9.17, 15) is 0 Å². The van der Waals surface area contributed by atoms with Crippen LogP contribution in [0.2, 0.25) is 0 Å². The lowest BCUT2D eigenvalue weighted by molar-refractivity contribution is 0.190. The highest BCUT2D eigenvalue weighted by atomic mass is 32.1. The van der Waals surface area contributed by atoms with Gasteiger partial charge in [0.1, 0.15) is 0 Å². The predicted octanol–water partition coefficient (Wildman–Crippen LogP) is 3.10. The monoisotopic (exact) mass is 255 g/mol. The molecule has 0 aliphatic carbocycles. The zero-order valence-corrected chi connectivity index (χ0v) is 12.3. The van der Waals surface area contributed by atoms with Gasteiger partial charge in [-0.15, -0.1) is 0 Å². The minimum atomic E-state index is 0.592. The highest BCUT2D eigenvalue weighted by Crippen LogP contribution is 2.25. The van der Waals surface area contributed by atoms with Crippen LogP contribution in [0.5, 0.6) is 0 Å². The van der Waals surface area contributed by atoms with E-state index in [2.05, 4.69) is 41.6 Å². The van der Waals surface area contributed by atoms with Gasteiger partial charge < -0.3 is 0 Å². The molecular formula is C13H25N3S. The van der Waals surface area contributed by atoms with Crippen LogP contribution in [0.4, 0.5) is 0 Å². The summed E-state index contributed by atoms with van der Waals surface area (Å²) in [5.74, 6) is 1.68. The molecule has 3 nitrogen and oxygen atoms in total. The molecule has 0 saturated heterocycles. The third kappa shape index (κ3) is 3.75. The molecule has 98 valence electrons. The molecule has 2 heterocycles. The average Bonchev–Trinajstić information content (AvgIpc) is 2.88. The van der Waals surface area contributed by atoms with E-state index in [1.165, 1.54) is 17.7 Å². The Bertz CT molecular complexity index is 302. The third-order valence-electron chi connectivity index (χ3n) is 3.01. The second-order valence-corrected chi connectivity index (χ2v) is 5.11. The Hall–Kier alpha value is -0.480. The molecule has 0 radical (unpaired) electrons. The van der Waals surface area contributed by atoms with Crippen molar-refractivity contribution in [1.82, 2.24) is 15.1 Å². The summed E-state index contributed by atoms with van der Waals surface area (Å²) in [4.78, 5) is 2.50. The smallest absolute Gasteiger partial charge is 0.0537 e. The fraction of sp³-hybridized carbons (Fsp3) is 0.769. The summed E-state index contributed by atoms with van der Waals surface area (Å²) >= 11 is 4.46. The molecule has 1 unspecified atom stereocenters. The summed E-state index contributed by atoms with van der Waals surface area (Å²) in [6, 6.07) is 0.592. The number of H-pyrrole nitrogens is 1. The summed E-state index contributed by atoms with van der Waals surface area (Å²) < 4.78 is 0. The first kappa shape index (κ1) is 14.6. The Balaban J connectivity index is 0.000000686. The van der Waals surface area contributed by atoms with Gasteiger partial charge in [-0.1, -0.05) is 27.7 Å². The van der Waals surface area contributed by atoms with E-state index in [1.807, 2.05) is 20.0 Å². The molecule has 17 heavy (non-hydrogen) atoms.